The van der Waals surface area contributed by atoms with E-state index in [2.05, 4.69) is 0 Å². The number of aromatic hydroxyl groups is 1. The summed E-state index contributed by atoms with van der Waals surface area (Å²) >= 11 is 0. The van der Waals surface area contributed by atoms with Crippen molar-refractivity contribution in [2.75, 3.05) is 24.0 Å². The maximum atomic E-state index is 14.4. The molecule has 11 heteroatoms. The van der Waals surface area contributed by atoms with E-state index in [0.29, 0.717) is 33.8 Å². The minimum Gasteiger partial charge on any atom is -0.507 e. The lowest BCUT2D eigenvalue weighted by Gasteiger charge is -2.44. The minimum atomic E-state index is -0.949. The summed E-state index contributed by atoms with van der Waals surface area (Å²) in [5.74, 6) is -6.48. The molecule has 0 radical (unpaired) electrons. The van der Waals surface area contributed by atoms with E-state index in [1.807, 2.05) is 6.08 Å². The summed E-state index contributed by atoms with van der Waals surface area (Å²) in [5.41, 5.74) is 2.51. The van der Waals surface area contributed by atoms with Crippen LogP contribution in [0.3, 0.4) is 0 Å². The highest BCUT2D eigenvalue weighted by Crippen LogP contribution is 2.60. The standard InChI is InChI=1S/C38H34N2O9/c1-18(41)20-5-9-22(10-6-20)39-35(44)26-14-13-25-27(31(26)37(39)46)17-28-33(32(25)34-29(43)15-24(48-3)16-30(34)49-4)38(47)40(36(28)45)23-11-7-21(8-12-23)19(2)42/h5-13,15-16,26-28,31-33,43H,14,17H2,1-4H3/t26-,27+,28+,31-,32-,33+/m0/s1. The van der Waals surface area contributed by atoms with Crippen molar-refractivity contribution in [1.29, 1.82) is 0 Å². The van der Waals surface area contributed by atoms with Crippen molar-refractivity contribution >= 4 is 46.6 Å². The molecule has 49 heavy (non-hydrogen) atoms. The molecule has 4 amide bonds. The van der Waals surface area contributed by atoms with Crippen LogP contribution in [0.5, 0.6) is 17.2 Å². The molecule has 6 atom stereocenters. The molecule has 2 heterocycles. The molecule has 0 bridgehead atoms. The molecule has 250 valence electrons. The van der Waals surface area contributed by atoms with Crippen molar-refractivity contribution in [2.24, 2.45) is 29.6 Å². The minimum absolute atomic E-state index is 0.135. The maximum absolute atomic E-state index is 14.4. The number of imide groups is 2. The summed E-state index contributed by atoms with van der Waals surface area (Å²) in [5, 5.41) is 11.5. The van der Waals surface area contributed by atoms with Gasteiger partial charge in [-0.2, -0.15) is 0 Å². The number of methoxy groups -OCH3 is 2. The summed E-state index contributed by atoms with van der Waals surface area (Å²) in [6.07, 6.45) is 2.23. The zero-order valence-corrected chi connectivity index (χ0v) is 27.3. The number of rotatable bonds is 7. The second-order valence-corrected chi connectivity index (χ2v) is 13.0. The lowest BCUT2D eigenvalue weighted by atomic mass is 9.57. The lowest BCUT2D eigenvalue weighted by molar-refractivity contribution is -0.126. The van der Waals surface area contributed by atoms with Crippen LogP contribution in [0.1, 0.15) is 58.9 Å². The molecule has 11 nitrogen and oxygen atoms in total. The number of nitrogens with zero attached hydrogens (tertiary/aromatic N) is 2. The normalized spacial score (nSPS) is 25.8. The molecule has 4 aliphatic rings. The highest BCUT2D eigenvalue weighted by molar-refractivity contribution is 6.24. The largest absolute Gasteiger partial charge is 0.507 e. The van der Waals surface area contributed by atoms with Gasteiger partial charge in [0.2, 0.25) is 23.6 Å². The van der Waals surface area contributed by atoms with Crippen molar-refractivity contribution < 1.29 is 43.3 Å². The van der Waals surface area contributed by atoms with E-state index in [9.17, 15) is 33.9 Å². The molecule has 2 aliphatic carbocycles. The molecule has 3 aromatic rings. The molecule has 0 aromatic heterocycles. The fourth-order valence-electron chi connectivity index (χ4n) is 8.30. The van der Waals surface area contributed by atoms with Crippen molar-refractivity contribution in [2.45, 2.75) is 32.6 Å². The molecule has 3 aromatic carbocycles. The first-order valence-corrected chi connectivity index (χ1v) is 16.1. The summed E-state index contributed by atoms with van der Waals surface area (Å²) in [6, 6.07) is 15.5. The van der Waals surface area contributed by atoms with Gasteiger partial charge in [0.05, 0.1) is 49.3 Å². The molecule has 2 saturated heterocycles. The van der Waals surface area contributed by atoms with Gasteiger partial charge in [-0.25, -0.2) is 0 Å². The number of phenolic OH excluding ortho intramolecular Hbond substituents is 1. The van der Waals surface area contributed by atoms with Gasteiger partial charge in [0.15, 0.2) is 11.6 Å². The van der Waals surface area contributed by atoms with Gasteiger partial charge in [0.25, 0.3) is 0 Å². The smallest absolute Gasteiger partial charge is 0.238 e. The Hall–Kier alpha value is -5.58. The summed E-state index contributed by atoms with van der Waals surface area (Å²) in [4.78, 5) is 82.9. The van der Waals surface area contributed by atoms with Crippen molar-refractivity contribution in [1.82, 2.24) is 0 Å². The number of fused-ring (bicyclic) bond motifs is 4. The van der Waals surface area contributed by atoms with Crippen LogP contribution in [0.25, 0.3) is 0 Å². The third kappa shape index (κ3) is 4.86. The topological polar surface area (TPSA) is 148 Å². The molecule has 3 fully saturated rings. The van der Waals surface area contributed by atoms with Gasteiger partial charge >= 0.3 is 0 Å². The van der Waals surface area contributed by atoms with E-state index < -0.39 is 53.2 Å². The third-order valence-corrected chi connectivity index (χ3v) is 10.6. The lowest BCUT2D eigenvalue weighted by Crippen LogP contribution is -2.43. The fraction of sp³-hybridized carbons (Fsp3) is 0.316. The number of allylic oxidation sites excluding steroid dienone is 2. The highest BCUT2D eigenvalue weighted by Gasteiger charge is 2.63. The van der Waals surface area contributed by atoms with E-state index >= 15 is 0 Å². The van der Waals surface area contributed by atoms with Crippen molar-refractivity contribution in [3.63, 3.8) is 0 Å². The number of hydrogen-bond donors (Lipinski definition) is 1. The van der Waals surface area contributed by atoms with Gasteiger partial charge in [-0.1, -0.05) is 11.6 Å². The first-order chi connectivity index (χ1) is 23.5. The van der Waals surface area contributed by atoms with E-state index in [0.717, 1.165) is 9.80 Å². The number of anilines is 2. The quantitative estimate of drug-likeness (QED) is 0.213. The van der Waals surface area contributed by atoms with Crippen molar-refractivity contribution in [3.05, 3.63) is 89.0 Å². The van der Waals surface area contributed by atoms with E-state index in [1.54, 1.807) is 54.6 Å². The Balaban J connectivity index is 1.34. The molecule has 0 unspecified atom stereocenters. The van der Waals surface area contributed by atoms with Crippen LogP contribution in [-0.4, -0.2) is 54.5 Å². The van der Waals surface area contributed by atoms with Gasteiger partial charge in [-0.15, -0.1) is 0 Å². The summed E-state index contributed by atoms with van der Waals surface area (Å²) < 4.78 is 11.1. The summed E-state index contributed by atoms with van der Waals surface area (Å²) in [7, 11) is 2.88. The molecule has 1 saturated carbocycles. The number of benzene rings is 3. The van der Waals surface area contributed by atoms with Crippen LogP contribution in [-0.2, 0) is 19.2 Å². The SMILES string of the molecule is COc1cc(O)c([C@H]2C3=CC[C@@H]4C(=O)N(c5ccc(C(C)=O)cc5)C(=O)[C@@H]4[C@@H]3C[C@H]3C(=O)N(c4ccc(C(C)=O)cc4)C(=O)[C@@H]23)c(OC)c1. The molecule has 2 aliphatic heterocycles. The molecular formula is C38H34N2O9. The Bertz CT molecular complexity index is 1980. The Morgan fingerprint density at radius 1 is 0.694 bits per heavy atom. The van der Waals surface area contributed by atoms with Crippen LogP contribution in [0, 0.1) is 29.6 Å². The van der Waals surface area contributed by atoms with Gasteiger partial charge in [0.1, 0.15) is 17.2 Å². The van der Waals surface area contributed by atoms with E-state index in [-0.39, 0.29) is 47.4 Å². The van der Waals surface area contributed by atoms with Crippen LogP contribution >= 0.6 is 0 Å². The van der Waals surface area contributed by atoms with Gasteiger partial charge in [-0.05, 0) is 81.1 Å². The van der Waals surface area contributed by atoms with E-state index in [1.165, 1.54) is 34.1 Å². The van der Waals surface area contributed by atoms with Gasteiger partial charge in [0, 0.05) is 34.7 Å². The fourth-order valence-corrected chi connectivity index (χ4v) is 8.30. The van der Waals surface area contributed by atoms with Crippen LogP contribution in [0.4, 0.5) is 11.4 Å². The van der Waals surface area contributed by atoms with Crippen molar-refractivity contribution in [3.8, 4) is 17.2 Å². The second kappa shape index (κ2) is 11.8. The zero-order valence-electron chi connectivity index (χ0n) is 27.3. The molecule has 1 N–H and O–H groups in total. The number of Topliss-reactive ketones (excluding diaryl/α,β-unsaturated/α-hetero) is 2. The monoisotopic (exact) mass is 662 g/mol. The first-order valence-electron chi connectivity index (χ1n) is 16.1. The third-order valence-electron chi connectivity index (χ3n) is 10.6. The Morgan fingerprint density at radius 3 is 1.73 bits per heavy atom. The van der Waals surface area contributed by atoms with E-state index in [4.69, 9.17) is 9.47 Å². The molecular weight excluding hydrogens is 628 g/mol. The Kier molecular flexibility index (Phi) is 7.73. The number of carbonyl (C=O) groups is 6. The number of carbonyl (C=O) groups excluding carboxylic acids is 6. The van der Waals surface area contributed by atoms with Gasteiger partial charge < -0.3 is 14.6 Å². The predicted molar refractivity (Wildman–Crippen MR) is 177 cm³/mol. The maximum Gasteiger partial charge on any atom is 0.238 e. The Labute approximate surface area is 282 Å². The zero-order chi connectivity index (χ0) is 34.9. The number of hydrogen-bond acceptors (Lipinski definition) is 9. The average Bonchev–Trinajstić information content (AvgIpc) is 3.50. The van der Waals surface area contributed by atoms with Crippen LogP contribution < -0.4 is 19.3 Å². The highest BCUT2D eigenvalue weighted by atomic mass is 16.5. The first kappa shape index (κ1) is 32.0. The Morgan fingerprint density at radius 2 is 1.22 bits per heavy atom. The number of phenols is 1. The summed E-state index contributed by atoms with van der Waals surface area (Å²) in [6.45, 7) is 2.86. The number of ether oxygens (including phenoxy) is 2. The van der Waals surface area contributed by atoms with Gasteiger partial charge in [-0.3, -0.25) is 38.6 Å². The number of amides is 4. The predicted octanol–water partition coefficient (Wildman–Crippen LogP) is 4.86. The molecule has 0 spiro atoms. The van der Waals surface area contributed by atoms with Crippen LogP contribution in [0.15, 0.2) is 72.3 Å². The second-order valence-electron chi connectivity index (χ2n) is 13.0. The van der Waals surface area contributed by atoms with Crippen LogP contribution in [0.2, 0.25) is 0 Å². The molecule has 7 rings (SSSR count). The number of ketones is 2. The average molecular weight is 663 g/mol.